The molecule has 0 aliphatic carbocycles. The average Bonchev–Trinajstić information content (AvgIpc) is 2.39. The Kier molecular flexibility index (Phi) is 2.76. The third-order valence-corrected chi connectivity index (χ3v) is 3.38. The van der Waals surface area contributed by atoms with E-state index in [0.29, 0.717) is 5.82 Å². The Bertz CT molecular complexity index is 708. The smallest absolute Gasteiger partial charge is 0.131 e. The Hall–Kier alpha value is -1.87. The highest BCUT2D eigenvalue weighted by atomic mass is 79.9. The van der Waals surface area contributed by atoms with Crippen molar-refractivity contribution in [3.8, 4) is 11.1 Å². The molecule has 88 valence electrons. The Morgan fingerprint density at radius 2 is 1.72 bits per heavy atom. The van der Waals surface area contributed by atoms with Crippen LogP contribution < -0.4 is 5.73 Å². The van der Waals surface area contributed by atoms with Crippen LogP contribution in [-0.2, 0) is 0 Å². The monoisotopic (exact) mass is 298 g/mol. The lowest BCUT2D eigenvalue weighted by Crippen LogP contribution is -1.94. The molecule has 1 aromatic heterocycles. The molecule has 0 amide bonds. The summed E-state index contributed by atoms with van der Waals surface area (Å²) in [6, 6.07) is 18.1. The van der Waals surface area contributed by atoms with E-state index in [2.05, 4.69) is 27.0 Å². The van der Waals surface area contributed by atoms with Crippen LogP contribution in [0.2, 0.25) is 0 Å². The fourth-order valence-electron chi connectivity index (χ4n) is 2.01. The molecule has 0 saturated heterocycles. The number of nitrogens with two attached hydrogens (primary N) is 1. The summed E-state index contributed by atoms with van der Waals surface area (Å²) in [7, 11) is 0. The summed E-state index contributed by atoms with van der Waals surface area (Å²) in [4.78, 5) is 4.45. The van der Waals surface area contributed by atoms with Gasteiger partial charge in [-0.15, -0.1) is 0 Å². The lowest BCUT2D eigenvalue weighted by Gasteiger charge is -2.07. The second kappa shape index (κ2) is 4.42. The highest BCUT2D eigenvalue weighted by Gasteiger charge is 2.06. The van der Waals surface area contributed by atoms with Crippen LogP contribution in [0.25, 0.3) is 22.0 Å². The average molecular weight is 299 g/mol. The molecule has 0 radical (unpaired) electrons. The van der Waals surface area contributed by atoms with Crippen molar-refractivity contribution < 1.29 is 0 Å². The minimum absolute atomic E-state index is 0.566. The van der Waals surface area contributed by atoms with E-state index in [1.807, 2.05) is 48.5 Å². The molecule has 18 heavy (non-hydrogen) atoms. The number of hydrogen-bond donors (Lipinski definition) is 1. The van der Waals surface area contributed by atoms with Gasteiger partial charge >= 0.3 is 0 Å². The molecule has 2 nitrogen and oxygen atoms in total. The zero-order valence-corrected chi connectivity index (χ0v) is 11.2. The predicted octanol–water partition coefficient (Wildman–Crippen LogP) is 4.25. The largest absolute Gasteiger partial charge is 0.383 e. The second-order valence-corrected chi connectivity index (χ2v) is 5.04. The standard InChI is InChI=1S/C15H11BrN2/c16-12-6-7-14-11(8-12)9-13(15(17)18-14)10-4-2-1-3-5-10/h1-9H,(H2,17,18). The number of fused-ring (bicyclic) bond motifs is 1. The van der Waals surface area contributed by atoms with E-state index in [0.717, 1.165) is 26.5 Å². The van der Waals surface area contributed by atoms with Gasteiger partial charge in [0.15, 0.2) is 0 Å². The summed E-state index contributed by atoms with van der Waals surface area (Å²) < 4.78 is 1.04. The van der Waals surface area contributed by atoms with E-state index in [-0.39, 0.29) is 0 Å². The molecular formula is C15H11BrN2. The molecule has 2 aromatic carbocycles. The van der Waals surface area contributed by atoms with Crippen molar-refractivity contribution >= 4 is 32.7 Å². The first kappa shape index (κ1) is 11.2. The molecule has 3 heteroatoms. The summed E-state index contributed by atoms with van der Waals surface area (Å²) in [6.45, 7) is 0. The van der Waals surface area contributed by atoms with Crippen LogP contribution in [0.15, 0.2) is 59.1 Å². The molecule has 3 rings (SSSR count). The van der Waals surface area contributed by atoms with Gasteiger partial charge in [0.1, 0.15) is 5.82 Å². The Labute approximate surface area is 114 Å². The van der Waals surface area contributed by atoms with Gasteiger partial charge in [-0.1, -0.05) is 46.3 Å². The minimum atomic E-state index is 0.566. The maximum atomic E-state index is 6.03. The van der Waals surface area contributed by atoms with Gasteiger partial charge in [-0.25, -0.2) is 4.98 Å². The number of halogens is 1. The van der Waals surface area contributed by atoms with Crippen LogP contribution in [-0.4, -0.2) is 4.98 Å². The Morgan fingerprint density at radius 1 is 0.944 bits per heavy atom. The van der Waals surface area contributed by atoms with Crippen molar-refractivity contribution in [2.75, 3.05) is 5.73 Å². The number of benzene rings is 2. The van der Waals surface area contributed by atoms with Crippen molar-refractivity contribution in [2.45, 2.75) is 0 Å². The van der Waals surface area contributed by atoms with Gasteiger partial charge in [-0.3, -0.25) is 0 Å². The summed E-state index contributed by atoms with van der Waals surface area (Å²) in [5.74, 6) is 0.566. The molecule has 0 saturated carbocycles. The number of rotatable bonds is 1. The topological polar surface area (TPSA) is 38.9 Å². The number of pyridine rings is 1. The van der Waals surface area contributed by atoms with Crippen LogP contribution in [0.3, 0.4) is 0 Å². The van der Waals surface area contributed by atoms with Crippen LogP contribution in [0.1, 0.15) is 0 Å². The summed E-state index contributed by atoms with van der Waals surface area (Å²) >= 11 is 3.47. The second-order valence-electron chi connectivity index (χ2n) is 4.12. The quantitative estimate of drug-likeness (QED) is 0.729. The van der Waals surface area contributed by atoms with Crippen molar-refractivity contribution in [3.05, 3.63) is 59.1 Å². The third-order valence-electron chi connectivity index (χ3n) is 2.89. The van der Waals surface area contributed by atoms with Crippen LogP contribution in [0.5, 0.6) is 0 Å². The first-order valence-electron chi connectivity index (χ1n) is 5.65. The van der Waals surface area contributed by atoms with Crippen molar-refractivity contribution in [2.24, 2.45) is 0 Å². The summed E-state index contributed by atoms with van der Waals surface area (Å²) in [5.41, 5.74) is 9.01. The minimum Gasteiger partial charge on any atom is -0.383 e. The first-order valence-corrected chi connectivity index (χ1v) is 6.44. The molecule has 0 aliphatic rings. The molecule has 0 spiro atoms. The first-order chi connectivity index (χ1) is 8.74. The van der Waals surface area contributed by atoms with Gasteiger partial charge < -0.3 is 5.73 Å². The van der Waals surface area contributed by atoms with E-state index in [1.165, 1.54) is 0 Å². The van der Waals surface area contributed by atoms with Gasteiger partial charge in [0.25, 0.3) is 0 Å². The molecule has 3 aromatic rings. The molecular weight excluding hydrogens is 288 g/mol. The van der Waals surface area contributed by atoms with Gasteiger partial charge in [-0.05, 0) is 29.8 Å². The molecule has 0 bridgehead atoms. The number of aromatic nitrogens is 1. The van der Waals surface area contributed by atoms with Crippen LogP contribution in [0.4, 0.5) is 5.82 Å². The fourth-order valence-corrected chi connectivity index (χ4v) is 2.39. The Balaban J connectivity index is 2.27. The molecule has 1 heterocycles. The van der Waals surface area contributed by atoms with Crippen LogP contribution in [0, 0.1) is 0 Å². The number of nitrogen functional groups attached to an aromatic ring is 1. The van der Waals surface area contributed by atoms with Crippen molar-refractivity contribution in [1.82, 2.24) is 4.98 Å². The fraction of sp³-hybridized carbons (Fsp3) is 0. The van der Waals surface area contributed by atoms with E-state index in [9.17, 15) is 0 Å². The summed E-state index contributed by atoms with van der Waals surface area (Å²) in [5, 5.41) is 1.08. The van der Waals surface area contributed by atoms with Gasteiger partial charge in [0, 0.05) is 15.4 Å². The molecule has 2 N–H and O–H groups in total. The number of hydrogen-bond acceptors (Lipinski definition) is 2. The molecule has 0 aliphatic heterocycles. The highest BCUT2D eigenvalue weighted by Crippen LogP contribution is 2.29. The molecule has 0 fully saturated rings. The normalized spacial score (nSPS) is 10.7. The summed E-state index contributed by atoms with van der Waals surface area (Å²) in [6.07, 6.45) is 0. The number of anilines is 1. The van der Waals surface area contributed by atoms with Gasteiger partial charge in [0.2, 0.25) is 0 Å². The zero-order chi connectivity index (χ0) is 12.5. The van der Waals surface area contributed by atoms with E-state index in [1.54, 1.807) is 0 Å². The Morgan fingerprint density at radius 3 is 2.50 bits per heavy atom. The third kappa shape index (κ3) is 1.97. The van der Waals surface area contributed by atoms with Crippen molar-refractivity contribution in [3.63, 3.8) is 0 Å². The zero-order valence-electron chi connectivity index (χ0n) is 9.60. The lowest BCUT2D eigenvalue weighted by molar-refractivity contribution is 1.41. The number of nitrogens with zero attached hydrogens (tertiary/aromatic N) is 1. The van der Waals surface area contributed by atoms with E-state index < -0.39 is 0 Å². The molecule has 0 unspecified atom stereocenters. The maximum absolute atomic E-state index is 6.03. The lowest BCUT2D eigenvalue weighted by atomic mass is 10.0. The van der Waals surface area contributed by atoms with Gasteiger partial charge in [0.05, 0.1) is 5.52 Å². The van der Waals surface area contributed by atoms with Crippen LogP contribution >= 0.6 is 15.9 Å². The maximum Gasteiger partial charge on any atom is 0.131 e. The van der Waals surface area contributed by atoms with E-state index >= 15 is 0 Å². The van der Waals surface area contributed by atoms with Crippen molar-refractivity contribution in [1.29, 1.82) is 0 Å². The van der Waals surface area contributed by atoms with E-state index in [4.69, 9.17) is 5.73 Å². The van der Waals surface area contributed by atoms with Gasteiger partial charge in [-0.2, -0.15) is 0 Å². The highest BCUT2D eigenvalue weighted by molar-refractivity contribution is 9.10. The SMILES string of the molecule is Nc1nc2ccc(Br)cc2cc1-c1ccccc1. The molecule has 0 atom stereocenters. The predicted molar refractivity (Wildman–Crippen MR) is 79.3 cm³/mol.